The largest absolute Gasteiger partial charge is 0.241 e. The minimum absolute atomic E-state index is 0.250. The van der Waals surface area contributed by atoms with Gasteiger partial charge in [0.2, 0.25) is 10.0 Å². The van der Waals surface area contributed by atoms with Crippen LogP contribution in [0.3, 0.4) is 0 Å². The quantitative estimate of drug-likeness (QED) is 0.931. The van der Waals surface area contributed by atoms with Crippen LogP contribution in [0.15, 0.2) is 27.6 Å². The molecule has 1 saturated carbocycles. The van der Waals surface area contributed by atoms with Gasteiger partial charge in [0, 0.05) is 10.0 Å². The Bertz CT molecular complexity index is 535. The van der Waals surface area contributed by atoms with Gasteiger partial charge in [0.15, 0.2) is 0 Å². The maximum absolute atomic E-state index is 12.2. The van der Waals surface area contributed by atoms with Gasteiger partial charge in [-0.05, 0) is 56.9 Å². The van der Waals surface area contributed by atoms with Crippen molar-refractivity contribution in [1.29, 1.82) is 0 Å². The third-order valence-electron chi connectivity index (χ3n) is 3.28. The Morgan fingerprint density at radius 2 is 2.00 bits per heavy atom. The first kappa shape index (κ1) is 13.1. The lowest BCUT2D eigenvalue weighted by Crippen LogP contribution is -2.50. The highest BCUT2D eigenvalue weighted by Crippen LogP contribution is 2.33. The van der Waals surface area contributed by atoms with E-state index in [2.05, 4.69) is 20.7 Å². The van der Waals surface area contributed by atoms with Gasteiger partial charge < -0.3 is 0 Å². The van der Waals surface area contributed by atoms with Gasteiger partial charge in [-0.3, -0.25) is 0 Å². The van der Waals surface area contributed by atoms with E-state index in [9.17, 15) is 8.42 Å². The summed E-state index contributed by atoms with van der Waals surface area (Å²) in [6.45, 7) is 3.84. The third-order valence-corrected chi connectivity index (χ3v) is 5.80. The number of sulfonamides is 1. The Hall–Kier alpha value is -0.390. The molecule has 3 nitrogen and oxygen atoms in total. The van der Waals surface area contributed by atoms with Crippen LogP contribution < -0.4 is 4.72 Å². The molecular weight excluding hydrogens is 302 g/mol. The van der Waals surface area contributed by atoms with E-state index >= 15 is 0 Å². The lowest BCUT2D eigenvalue weighted by molar-refractivity contribution is 0.248. The molecule has 0 spiro atoms. The van der Waals surface area contributed by atoms with Gasteiger partial charge in [-0.15, -0.1) is 0 Å². The van der Waals surface area contributed by atoms with Gasteiger partial charge >= 0.3 is 0 Å². The summed E-state index contributed by atoms with van der Waals surface area (Å²) >= 11 is 3.37. The molecule has 1 aromatic rings. The zero-order valence-corrected chi connectivity index (χ0v) is 12.4. The van der Waals surface area contributed by atoms with Gasteiger partial charge in [-0.1, -0.05) is 15.9 Å². The first-order chi connectivity index (χ1) is 7.82. The Balaban J connectivity index is 2.28. The summed E-state index contributed by atoms with van der Waals surface area (Å²) in [5.41, 5.74) is 0.673. The van der Waals surface area contributed by atoms with Crippen molar-refractivity contribution >= 4 is 26.0 Å². The van der Waals surface area contributed by atoms with E-state index in [1.165, 1.54) is 0 Å². The highest BCUT2D eigenvalue weighted by atomic mass is 79.9. The SMILES string of the molecule is Cc1cc(S(=O)(=O)NC2(C)CCC2)ccc1Br. The van der Waals surface area contributed by atoms with E-state index in [-0.39, 0.29) is 5.54 Å². The normalized spacial score (nSPS) is 18.8. The Morgan fingerprint density at radius 1 is 1.35 bits per heavy atom. The second-order valence-electron chi connectivity index (χ2n) is 4.93. The van der Waals surface area contributed by atoms with Gasteiger partial charge in [0.25, 0.3) is 0 Å². The molecular formula is C12H16BrNO2S. The van der Waals surface area contributed by atoms with E-state index in [1.54, 1.807) is 18.2 Å². The molecule has 0 bridgehead atoms. The van der Waals surface area contributed by atoms with Crippen LogP contribution >= 0.6 is 15.9 Å². The molecule has 1 N–H and O–H groups in total. The van der Waals surface area contributed by atoms with E-state index in [1.807, 2.05) is 13.8 Å². The number of benzene rings is 1. The van der Waals surface area contributed by atoms with Crippen LogP contribution in [-0.2, 0) is 10.0 Å². The van der Waals surface area contributed by atoms with Crippen LogP contribution in [0, 0.1) is 6.92 Å². The van der Waals surface area contributed by atoms with Crippen molar-refractivity contribution in [2.24, 2.45) is 0 Å². The fraction of sp³-hybridized carbons (Fsp3) is 0.500. The molecule has 0 saturated heterocycles. The molecule has 0 aliphatic heterocycles. The molecule has 1 aliphatic rings. The molecule has 2 rings (SSSR count). The van der Waals surface area contributed by atoms with Gasteiger partial charge in [-0.2, -0.15) is 0 Å². The lowest BCUT2D eigenvalue weighted by atomic mass is 9.80. The molecule has 0 heterocycles. The minimum atomic E-state index is -3.39. The average Bonchev–Trinajstić information content (AvgIpc) is 2.19. The van der Waals surface area contributed by atoms with Crippen molar-refractivity contribution in [2.45, 2.75) is 43.5 Å². The molecule has 0 aromatic heterocycles. The van der Waals surface area contributed by atoms with Gasteiger partial charge in [-0.25, -0.2) is 13.1 Å². The smallest absolute Gasteiger partial charge is 0.207 e. The zero-order valence-electron chi connectivity index (χ0n) is 9.96. The highest BCUT2D eigenvalue weighted by Gasteiger charge is 2.36. The first-order valence-corrected chi connectivity index (χ1v) is 7.90. The molecule has 0 atom stereocenters. The van der Waals surface area contributed by atoms with Crippen molar-refractivity contribution in [1.82, 2.24) is 4.72 Å². The maximum Gasteiger partial charge on any atom is 0.241 e. The Kier molecular flexibility index (Phi) is 3.36. The molecule has 1 aromatic carbocycles. The van der Waals surface area contributed by atoms with E-state index in [4.69, 9.17) is 0 Å². The average molecular weight is 318 g/mol. The third kappa shape index (κ3) is 2.72. The predicted molar refractivity (Wildman–Crippen MR) is 71.5 cm³/mol. The molecule has 17 heavy (non-hydrogen) atoms. The van der Waals surface area contributed by atoms with Crippen molar-refractivity contribution in [3.63, 3.8) is 0 Å². The second kappa shape index (κ2) is 4.37. The van der Waals surface area contributed by atoms with E-state index < -0.39 is 10.0 Å². The monoisotopic (exact) mass is 317 g/mol. The number of aryl methyl sites for hydroxylation is 1. The van der Waals surface area contributed by atoms with Crippen LogP contribution in [0.2, 0.25) is 0 Å². The van der Waals surface area contributed by atoms with E-state index in [0.717, 1.165) is 29.3 Å². The first-order valence-electron chi connectivity index (χ1n) is 5.63. The summed E-state index contributed by atoms with van der Waals surface area (Å²) in [5, 5.41) is 0. The molecule has 0 amide bonds. The number of rotatable bonds is 3. The number of hydrogen-bond donors (Lipinski definition) is 1. The number of nitrogens with one attached hydrogen (secondary N) is 1. The molecule has 0 radical (unpaired) electrons. The Morgan fingerprint density at radius 3 is 2.47 bits per heavy atom. The van der Waals surface area contributed by atoms with Gasteiger partial charge in [0.05, 0.1) is 4.90 Å². The second-order valence-corrected chi connectivity index (χ2v) is 7.47. The summed E-state index contributed by atoms with van der Waals surface area (Å²) in [5.74, 6) is 0. The fourth-order valence-corrected chi connectivity index (χ4v) is 3.77. The standard InChI is InChI=1S/C12H16BrNO2S/c1-9-8-10(4-5-11(9)13)17(15,16)14-12(2)6-3-7-12/h4-5,8,14H,3,6-7H2,1-2H3. The van der Waals surface area contributed by atoms with Crippen molar-refractivity contribution in [2.75, 3.05) is 0 Å². The highest BCUT2D eigenvalue weighted by molar-refractivity contribution is 9.10. The lowest BCUT2D eigenvalue weighted by Gasteiger charge is -2.38. The number of halogens is 1. The molecule has 1 fully saturated rings. The predicted octanol–water partition coefficient (Wildman–Crippen LogP) is 2.98. The summed E-state index contributed by atoms with van der Waals surface area (Å²) in [4.78, 5) is 0.339. The van der Waals surface area contributed by atoms with Crippen LogP contribution in [0.4, 0.5) is 0 Å². The summed E-state index contributed by atoms with van der Waals surface area (Å²) in [6.07, 6.45) is 2.93. The van der Waals surface area contributed by atoms with Crippen molar-refractivity contribution in [3.05, 3.63) is 28.2 Å². The molecule has 94 valence electrons. The van der Waals surface area contributed by atoms with Crippen molar-refractivity contribution in [3.8, 4) is 0 Å². The Labute approximate surface area is 111 Å². The fourth-order valence-electron chi connectivity index (χ4n) is 1.98. The minimum Gasteiger partial charge on any atom is -0.207 e. The van der Waals surface area contributed by atoms with Crippen LogP contribution in [0.5, 0.6) is 0 Å². The van der Waals surface area contributed by atoms with E-state index in [0.29, 0.717) is 4.90 Å². The van der Waals surface area contributed by atoms with Crippen LogP contribution in [0.25, 0.3) is 0 Å². The topological polar surface area (TPSA) is 46.2 Å². The van der Waals surface area contributed by atoms with Crippen molar-refractivity contribution < 1.29 is 8.42 Å². The maximum atomic E-state index is 12.2. The summed E-state index contributed by atoms with van der Waals surface area (Å²) in [7, 11) is -3.39. The summed E-state index contributed by atoms with van der Waals surface area (Å²) in [6, 6.07) is 5.09. The van der Waals surface area contributed by atoms with Crippen LogP contribution in [-0.4, -0.2) is 14.0 Å². The molecule has 1 aliphatic carbocycles. The van der Waals surface area contributed by atoms with Gasteiger partial charge in [0.1, 0.15) is 0 Å². The summed E-state index contributed by atoms with van der Waals surface area (Å²) < 4.78 is 28.1. The molecule has 0 unspecified atom stereocenters. The zero-order chi connectivity index (χ0) is 12.7. The number of hydrogen-bond acceptors (Lipinski definition) is 2. The van der Waals surface area contributed by atoms with Crippen LogP contribution in [0.1, 0.15) is 31.7 Å². The molecule has 5 heteroatoms.